The first-order valence-electron chi connectivity index (χ1n) is 11.3. The summed E-state index contributed by atoms with van der Waals surface area (Å²) in [5.74, 6) is 0.842. The Hall–Kier alpha value is -0.850. The molecule has 2 aliphatic rings. The van der Waals surface area contributed by atoms with Gasteiger partial charge in [0, 0.05) is 65.6 Å². The number of hydrogen-bond acceptors (Lipinski definition) is 6. The third-order valence-electron chi connectivity index (χ3n) is 4.90. The predicted molar refractivity (Wildman–Crippen MR) is 133 cm³/mol. The SMILES string of the molecule is CCNC(=NCCCOC1CCOC1)NCCN1CCN(C(=O)OC(C)(C)C)CC1.I. The molecular formula is C21H42IN5O4. The van der Waals surface area contributed by atoms with E-state index in [-0.39, 0.29) is 36.2 Å². The zero-order valence-corrected chi connectivity index (χ0v) is 22.0. The molecule has 31 heavy (non-hydrogen) atoms. The molecule has 0 aromatic heterocycles. The lowest BCUT2D eigenvalue weighted by Crippen LogP contribution is -2.51. The highest BCUT2D eigenvalue weighted by molar-refractivity contribution is 14.0. The van der Waals surface area contributed by atoms with Gasteiger partial charge in [0.2, 0.25) is 0 Å². The smallest absolute Gasteiger partial charge is 0.410 e. The standard InChI is InChI=1S/C21H41N5O4.HI/c1-5-22-19(23-8-6-15-29-18-7-16-28-17-18)24-9-10-25-11-13-26(14-12-25)20(27)30-21(2,3)4;/h18H,5-17H2,1-4H3,(H2,22,23,24);1H. The minimum atomic E-state index is -0.447. The van der Waals surface area contributed by atoms with Crippen molar-refractivity contribution < 1.29 is 19.0 Å². The molecule has 0 spiro atoms. The fourth-order valence-electron chi connectivity index (χ4n) is 3.30. The lowest BCUT2D eigenvalue weighted by molar-refractivity contribution is 0.0147. The molecule has 2 N–H and O–H groups in total. The van der Waals surface area contributed by atoms with Gasteiger partial charge in [-0.15, -0.1) is 24.0 Å². The first kappa shape index (κ1) is 28.2. The van der Waals surface area contributed by atoms with E-state index in [1.807, 2.05) is 20.8 Å². The number of rotatable bonds is 9. The molecule has 0 aromatic rings. The van der Waals surface area contributed by atoms with E-state index < -0.39 is 5.60 Å². The van der Waals surface area contributed by atoms with Crippen molar-refractivity contribution in [2.24, 2.45) is 4.99 Å². The summed E-state index contributed by atoms with van der Waals surface area (Å²) in [5, 5.41) is 6.68. The van der Waals surface area contributed by atoms with Gasteiger partial charge in [0.1, 0.15) is 5.60 Å². The van der Waals surface area contributed by atoms with Crippen molar-refractivity contribution in [3.05, 3.63) is 0 Å². The number of aliphatic imine (C=N–C) groups is 1. The summed E-state index contributed by atoms with van der Waals surface area (Å²) >= 11 is 0. The van der Waals surface area contributed by atoms with Crippen LogP contribution in [0.1, 0.15) is 40.5 Å². The van der Waals surface area contributed by atoms with Crippen molar-refractivity contribution >= 4 is 36.0 Å². The Balaban J connectivity index is 0.00000480. The number of hydrogen-bond donors (Lipinski definition) is 2. The van der Waals surface area contributed by atoms with E-state index in [9.17, 15) is 4.79 Å². The van der Waals surface area contributed by atoms with E-state index in [1.54, 1.807) is 4.90 Å². The maximum Gasteiger partial charge on any atom is 0.410 e. The number of nitrogens with one attached hydrogen (secondary N) is 2. The molecule has 1 unspecified atom stereocenters. The third-order valence-corrected chi connectivity index (χ3v) is 4.90. The molecule has 1 amide bonds. The van der Waals surface area contributed by atoms with Crippen molar-refractivity contribution in [1.82, 2.24) is 20.4 Å². The number of carbonyl (C=O) groups excluding carboxylic acids is 1. The summed E-state index contributed by atoms with van der Waals surface area (Å²) in [6, 6.07) is 0. The van der Waals surface area contributed by atoms with Crippen LogP contribution in [0.5, 0.6) is 0 Å². The van der Waals surface area contributed by atoms with Gasteiger partial charge in [-0.3, -0.25) is 9.89 Å². The van der Waals surface area contributed by atoms with Crippen LogP contribution in [-0.4, -0.2) is 106 Å². The maximum atomic E-state index is 12.2. The second-order valence-electron chi connectivity index (χ2n) is 8.71. The van der Waals surface area contributed by atoms with Crippen molar-refractivity contribution in [3.8, 4) is 0 Å². The summed E-state index contributed by atoms with van der Waals surface area (Å²) in [6.45, 7) is 16.4. The fraction of sp³-hybridized carbons (Fsp3) is 0.905. The van der Waals surface area contributed by atoms with Crippen LogP contribution in [0.15, 0.2) is 4.99 Å². The molecule has 2 saturated heterocycles. The van der Waals surface area contributed by atoms with Crippen molar-refractivity contribution in [3.63, 3.8) is 0 Å². The molecular weight excluding hydrogens is 513 g/mol. The lowest BCUT2D eigenvalue weighted by Gasteiger charge is -2.35. The lowest BCUT2D eigenvalue weighted by atomic mass is 10.2. The molecule has 2 heterocycles. The minimum Gasteiger partial charge on any atom is -0.444 e. The van der Waals surface area contributed by atoms with Gasteiger partial charge in [-0.25, -0.2) is 4.79 Å². The van der Waals surface area contributed by atoms with Crippen LogP contribution in [0.2, 0.25) is 0 Å². The van der Waals surface area contributed by atoms with Gasteiger partial charge < -0.3 is 29.7 Å². The number of carbonyl (C=O) groups is 1. The average Bonchev–Trinajstić information content (AvgIpc) is 3.20. The molecule has 1 atom stereocenters. The minimum absolute atomic E-state index is 0. The summed E-state index contributed by atoms with van der Waals surface area (Å²) in [5.41, 5.74) is -0.447. The quantitative estimate of drug-likeness (QED) is 0.195. The Morgan fingerprint density at radius 2 is 1.94 bits per heavy atom. The largest absolute Gasteiger partial charge is 0.444 e. The van der Waals surface area contributed by atoms with Crippen molar-refractivity contribution in [1.29, 1.82) is 0 Å². The number of amides is 1. The highest BCUT2D eigenvalue weighted by Crippen LogP contribution is 2.11. The van der Waals surface area contributed by atoms with Gasteiger partial charge in [-0.1, -0.05) is 0 Å². The zero-order valence-electron chi connectivity index (χ0n) is 19.7. The van der Waals surface area contributed by atoms with Crippen LogP contribution >= 0.6 is 24.0 Å². The summed E-state index contributed by atoms with van der Waals surface area (Å²) in [6.07, 6.45) is 1.95. The Kier molecular flexibility index (Phi) is 13.7. The van der Waals surface area contributed by atoms with Crippen LogP contribution in [0.25, 0.3) is 0 Å². The number of nitrogens with zero attached hydrogens (tertiary/aromatic N) is 3. The molecule has 2 fully saturated rings. The number of halogens is 1. The summed E-state index contributed by atoms with van der Waals surface area (Å²) in [7, 11) is 0. The molecule has 10 heteroatoms. The first-order chi connectivity index (χ1) is 14.4. The molecule has 9 nitrogen and oxygen atoms in total. The zero-order chi connectivity index (χ0) is 21.8. The highest BCUT2D eigenvalue weighted by Gasteiger charge is 2.25. The van der Waals surface area contributed by atoms with E-state index in [1.165, 1.54) is 0 Å². The second kappa shape index (κ2) is 15.1. The maximum absolute atomic E-state index is 12.2. The summed E-state index contributed by atoms with van der Waals surface area (Å²) < 4.78 is 16.5. The van der Waals surface area contributed by atoms with Crippen molar-refractivity contribution in [2.45, 2.75) is 52.2 Å². The van der Waals surface area contributed by atoms with Crippen LogP contribution in [0.4, 0.5) is 4.79 Å². The van der Waals surface area contributed by atoms with Crippen LogP contribution < -0.4 is 10.6 Å². The van der Waals surface area contributed by atoms with Gasteiger partial charge in [0.15, 0.2) is 5.96 Å². The molecule has 0 aliphatic carbocycles. The van der Waals surface area contributed by atoms with Gasteiger partial charge in [-0.05, 0) is 40.5 Å². The van der Waals surface area contributed by atoms with E-state index in [4.69, 9.17) is 14.2 Å². The van der Waals surface area contributed by atoms with E-state index >= 15 is 0 Å². The number of ether oxygens (including phenoxy) is 3. The predicted octanol–water partition coefficient (Wildman–Crippen LogP) is 1.91. The molecule has 0 bridgehead atoms. The molecule has 0 radical (unpaired) electrons. The molecule has 182 valence electrons. The molecule has 0 aromatic carbocycles. The number of guanidine groups is 1. The molecule has 2 aliphatic heterocycles. The monoisotopic (exact) mass is 555 g/mol. The second-order valence-corrected chi connectivity index (χ2v) is 8.71. The Labute approximate surface area is 204 Å². The van der Waals surface area contributed by atoms with E-state index in [0.717, 1.165) is 77.9 Å². The average molecular weight is 556 g/mol. The Morgan fingerprint density at radius 1 is 1.19 bits per heavy atom. The first-order valence-corrected chi connectivity index (χ1v) is 11.3. The fourth-order valence-corrected chi connectivity index (χ4v) is 3.30. The number of piperazine rings is 1. The normalized spacial score (nSPS) is 20.3. The van der Waals surface area contributed by atoms with Crippen LogP contribution in [0.3, 0.4) is 0 Å². The van der Waals surface area contributed by atoms with Crippen LogP contribution in [-0.2, 0) is 14.2 Å². The Bertz CT molecular complexity index is 530. The van der Waals surface area contributed by atoms with Crippen molar-refractivity contribution in [2.75, 3.05) is 72.2 Å². The van der Waals surface area contributed by atoms with Gasteiger partial charge in [-0.2, -0.15) is 0 Å². The van der Waals surface area contributed by atoms with Crippen LogP contribution in [0, 0.1) is 0 Å². The van der Waals surface area contributed by atoms with Gasteiger partial charge in [0.05, 0.1) is 12.7 Å². The van der Waals surface area contributed by atoms with E-state index in [0.29, 0.717) is 13.1 Å². The van der Waals surface area contributed by atoms with Gasteiger partial charge in [0.25, 0.3) is 0 Å². The molecule has 0 saturated carbocycles. The third kappa shape index (κ3) is 12.1. The highest BCUT2D eigenvalue weighted by atomic mass is 127. The summed E-state index contributed by atoms with van der Waals surface area (Å²) in [4.78, 5) is 20.9. The topological polar surface area (TPSA) is 87.7 Å². The Morgan fingerprint density at radius 3 is 2.55 bits per heavy atom. The molecule has 2 rings (SSSR count). The van der Waals surface area contributed by atoms with E-state index in [2.05, 4.69) is 27.4 Å². The van der Waals surface area contributed by atoms with Gasteiger partial charge >= 0.3 is 6.09 Å².